The first-order chi connectivity index (χ1) is 14.2. The van der Waals surface area contributed by atoms with Crippen LogP contribution in [0.3, 0.4) is 0 Å². The zero-order chi connectivity index (χ0) is 21.9. The van der Waals surface area contributed by atoms with Gasteiger partial charge in [-0.3, -0.25) is 4.57 Å². The molecule has 0 spiro atoms. The van der Waals surface area contributed by atoms with Crippen LogP contribution in [0.2, 0.25) is 5.02 Å². The fourth-order valence-electron chi connectivity index (χ4n) is 2.84. The van der Waals surface area contributed by atoms with Crippen molar-refractivity contribution >= 4 is 27.4 Å². The number of carbonyl (C=O) groups excluding carboxylic acids is 1. The smallest absolute Gasteiger partial charge is 0.357 e. The Kier molecular flexibility index (Phi) is 6.52. The van der Waals surface area contributed by atoms with Gasteiger partial charge in [-0.2, -0.15) is 0 Å². The molecule has 0 saturated carbocycles. The molecule has 30 heavy (non-hydrogen) atoms. The molecule has 0 aliphatic carbocycles. The number of esters is 1. The minimum absolute atomic E-state index is 0.0632. The Labute approximate surface area is 177 Å². The van der Waals surface area contributed by atoms with Crippen LogP contribution in [0.25, 0.3) is 5.69 Å². The lowest BCUT2D eigenvalue weighted by atomic mass is 10.1. The highest BCUT2D eigenvalue weighted by Gasteiger charge is 2.28. The molecule has 0 saturated heterocycles. The Morgan fingerprint density at radius 2 is 1.87 bits per heavy atom. The molecule has 1 aromatic heterocycles. The molecule has 3 aromatic rings. The van der Waals surface area contributed by atoms with Crippen LogP contribution in [0.4, 0.5) is 8.78 Å². The van der Waals surface area contributed by atoms with Crippen molar-refractivity contribution in [2.45, 2.75) is 18.5 Å². The Morgan fingerprint density at radius 1 is 1.17 bits per heavy atom. The van der Waals surface area contributed by atoms with Crippen LogP contribution in [0.15, 0.2) is 53.8 Å². The Morgan fingerprint density at radius 3 is 2.50 bits per heavy atom. The van der Waals surface area contributed by atoms with Gasteiger partial charge in [-0.15, -0.1) is 0 Å². The van der Waals surface area contributed by atoms with Gasteiger partial charge in [0, 0.05) is 16.3 Å². The maximum Gasteiger partial charge on any atom is 0.357 e. The highest BCUT2D eigenvalue weighted by atomic mass is 35.5. The van der Waals surface area contributed by atoms with Crippen molar-refractivity contribution in [2.24, 2.45) is 0 Å². The second kappa shape index (κ2) is 8.93. The maximum absolute atomic E-state index is 14.0. The van der Waals surface area contributed by atoms with E-state index in [0.717, 1.165) is 22.9 Å². The number of halogens is 3. The number of sulfone groups is 1. The fraction of sp³-hybridized carbons (Fsp3) is 0.200. The van der Waals surface area contributed by atoms with Crippen molar-refractivity contribution in [3.63, 3.8) is 0 Å². The van der Waals surface area contributed by atoms with Gasteiger partial charge in [0.05, 0.1) is 18.6 Å². The molecule has 0 amide bonds. The average Bonchev–Trinajstić information content (AvgIpc) is 3.14. The first-order valence-corrected chi connectivity index (χ1v) is 10.9. The van der Waals surface area contributed by atoms with E-state index in [1.807, 2.05) is 0 Å². The third-order valence-corrected chi connectivity index (χ3v) is 6.20. The van der Waals surface area contributed by atoms with E-state index in [2.05, 4.69) is 4.98 Å². The molecule has 0 unspecified atom stereocenters. The second-order valence-electron chi connectivity index (χ2n) is 6.23. The van der Waals surface area contributed by atoms with E-state index in [-0.39, 0.29) is 35.0 Å². The van der Waals surface area contributed by atoms with Gasteiger partial charge in [0.1, 0.15) is 11.6 Å². The molecule has 6 nitrogen and oxygen atoms in total. The van der Waals surface area contributed by atoms with Crippen molar-refractivity contribution in [1.82, 2.24) is 9.55 Å². The van der Waals surface area contributed by atoms with Crippen LogP contribution < -0.4 is 0 Å². The standard InChI is InChI=1S/C20H17ClF2N2O4S/c1-2-29-19(26)18-12-24-20(25(18)14-8-6-13(22)7-9-14)30(27,28)11-10-15-16(21)4-3-5-17(15)23/h3-9,12H,2,10-11H2,1H3. The van der Waals surface area contributed by atoms with Crippen molar-refractivity contribution in [1.29, 1.82) is 0 Å². The zero-order valence-corrected chi connectivity index (χ0v) is 17.4. The van der Waals surface area contributed by atoms with Gasteiger partial charge in [0.2, 0.25) is 15.0 Å². The number of ether oxygens (including phenoxy) is 1. The number of aromatic nitrogens is 2. The molecule has 3 rings (SSSR count). The highest BCUT2D eigenvalue weighted by Crippen LogP contribution is 2.24. The summed E-state index contributed by atoms with van der Waals surface area (Å²) in [4.78, 5) is 16.2. The van der Waals surface area contributed by atoms with Gasteiger partial charge in [0.15, 0.2) is 5.69 Å². The zero-order valence-electron chi connectivity index (χ0n) is 15.8. The van der Waals surface area contributed by atoms with E-state index in [1.54, 1.807) is 6.92 Å². The van der Waals surface area contributed by atoms with Gasteiger partial charge >= 0.3 is 5.97 Å². The van der Waals surface area contributed by atoms with E-state index in [1.165, 1.54) is 30.3 Å². The van der Waals surface area contributed by atoms with Crippen molar-refractivity contribution in [3.05, 3.63) is 76.6 Å². The summed E-state index contributed by atoms with van der Waals surface area (Å²) < 4.78 is 59.4. The van der Waals surface area contributed by atoms with E-state index >= 15 is 0 Å². The predicted molar refractivity (Wildman–Crippen MR) is 107 cm³/mol. The predicted octanol–water partition coefficient (Wildman–Crippen LogP) is 4.00. The number of hydrogen-bond acceptors (Lipinski definition) is 5. The van der Waals surface area contributed by atoms with Crippen LogP contribution >= 0.6 is 11.6 Å². The molecule has 0 aliphatic rings. The molecule has 1 heterocycles. The molecule has 0 aliphatic heterocycles. The summed E-state index contributed by atoms with van der Waals surface area (Å²) in [5.41, 5.74) is 0.138. The molecule has 158 valence electrons. The van der Waals surface area contributed by atoms with Crippen molar-refractivity contribution < 1.29 is 26.7 Å². The lowest BCUT2D eigenvalue weighted by Crippen LogP contribution is -2.18. The maximum atomic E-state index is 14.0. The molecule has 10 heteroatoms. The van der Waals surface area contributed by atoms with Gasteiger partial charge in [-0.05, 0) is 49.7 Å². The summed E-state index contributed by atoms with van der Waals surface area (Å²) >= 11 is 5.97. The second-order valence-corrected chi connectivity index (χ2v) is 8.64. The van der Waals surface area contributed by atoms with Crippen LogP contribution in [0, 0.1) is 11.6 Å². The molecule has 0 radical (unpaired) electrons. The number of benzene rings is 2. The lowest BCUT2D eigenvalue weighted by Gasteiger charge is -2.12. The number of carbonyl (C=O) groups is 1. The first kappa shape index (κ1) is 21.9. The van der Waals surface area contributed by atoms with Crippen LogP contribution in [-0.4, -0.2) is 36.3 Å². The minimum Gasteiger partial charge on any atom is -0.461 e. The Hall–Kier alpha value is -2.78. The summed E-state index contributed by atoms with van der Waals surface area (Å²) in [6.45, 7) is 1.67. The molecule has 0 bridgehead atoms. The summed E-state index contributed by atoms with van der Waals surface area (Å²) in [5, 5.41) is -0.330. The largest absolute Gasteiger partial charge is 0.461 e. The highest BCUT2D eigenvalue weighted by molar-refractivity contribution is 7.91. The number of rotatable bonds is 7. The Bertz CT molecular complexity index is 1160. The quantitative estimate of drug-likeness (QED) is 0.504. The number of hydrogen-bond donors (Lipinski definition) is 0. The molecular weight excluding hydrogens is 438 g/mol. The number of imidazole rings is 1. The van der Waals surface area contributed by atoms with E-state index < -0.39 is 38.4 Å². The first-order valence-electron chi connectivity index (χ1n) is 8.91. The molecular formula is C20H17ClF2N2O4S. The van der Waals surface area contributed by atoms with Gasteiger partial charge in [-0.1, -0.05) is 17.7 Å². The monoisotopic (exact) mass is 454 g/mol. The SMILES string of the molecule is CCOC(=O)c1cnc(S(=O)(=O)CCc2c(F)cccc2Cl)n1-c1ccc(F)cc1. The van der Waals surface area contributed by atoms with Crippen molar-refractivity contribution in [2.75, 3.05) is 12.4 Å². The summed E-state index contributed by atoms with van der Waals surface area (Å²) in [7, 11) is -4.08. The van der Waals surface area contributed by atoms with Gasteiger partial charge in [-0.25, -0.2) is 27.0 Å². The normalized spacial score (nSPS) is 11.5. The third kappa shape index (κ3) is 4.52. The van der Waals surface area contributed by atoms with E-state index in [0.29, 0.717) is 0 Å². The number of nitrogens with zero attached hydrogens (tertiary/aromatic N) is 2. The Balaban J connectivity index is 2.03. The molecule has 0 atom stereocenters. The summed E-state index contributed by atoms with van der Waals surface area (Å²) in [5.74, 6) is -2.44. The van der Waals surface area contributed by atoms with Gasteiger partial charge in [0.25, 0.3) is 0 Å². The van der Waals surface area contributed by atoms with E-state index in [9.17, 15) is 22.0 Å². The van der Waals surface area contributed by atoms with Crippen LogP contribution in [0.1, 0.15) is 23.0 Å². The fourth-order valence-corrected chi connectivity index (χ4v) is 4.45. The topological polar surface area (TPSA) is 78.3 Å². The molecule has 0 fully saturated rings. The van der Waals surface area contributed by atoms with Crippen LogP contribution in [0.5, 0.6) is 0 Å². The summed E-state index contributed by atoms with van der Waals surface area (Å²) in [6, 6.07) is 8.94. The third-order valence-electron chi connectivity index (χ3n) is 4.26. The molecule has 2 aromatic carbocycles. The average molecular weight is 455 g/mol. The lowest BCUT2D eigenvalue weighted by molar-refractivity contribution is 0.0516. The summed E-state index contributed by atoms with van der Waals surface area (Å²) in [6.07, 6.45) is 0.878. The van der Waals surface area contributed by atoms with E-state index in [4.69, 9.17) is 16.3 Å². The van der Waals surface area contributed by atoms with Gasteiger partial charge < -0.3 is 4.74 Å². The van der Waals surface area contributed by atoms with Crippen molar-refractivity contribution in [3.8, 4) is 5.69 Å². The molecule has 0 N–H and O–H groups in total. The van der Waals surface area contributed by atoms with Crippen LogP contribution in [-0.2, 0) is 21.0 Å². The minimum atomic E-state index is -4.08.